The van der Waals surface area contributed by atoms with E-state index in [1.807, 2.05) is 13.0 Å². The average molecular weight is 344 g/mol. The van der Waals surface area contributed by atoms with Crippen LogP contribution >= 0.6 is 22.9 Å². The number of aryl methyl sites for hydroxylation is 1. The zero-order valence-corrected chi connectivity index (χ0v) is 12.8. The third-order valence-corrected chi connectivity index (χ3v) is 4.05. The highest BCUT2D eigenvalue weighted by Gasteiger charge is 2.30. The smallest absolute Gasteiger partial charge is 0.340 e. The fourth-order valence-corrected chi connectivity index (χ4v) is 3.12. The van der Waals surface area contributed by atoms with E-state index in [9.17, 15) is 13.2 Å². The van der Waals surface area contributed by atoms with Gasteiger partial charge in [-0.25, -0.2) is 4.98 Å². The van der Waals surface area contributed by atoms with Crippen molar-refractivity contribution in [1.29, 1.82) is 0 Å². The summed E-state index contributed by atoms with van der Waals surface area (Å²) in [5.74, 6) is 0.388. The van der Waals surface area contributed by atoms with Gasteiger partial charge in [-0.05, 0) is 42.8 Å². The summed E-state index contributed by atoms with van der Waals surface area (Å²) >= 11 is 7.31. The predicted molar refractivity (Wildman–Crippen MR) is 81.9 cm³/mol. The monoisotopic (exact) mass is 343 g/mol. The van der Waals surface area contributed by atoms with Crippen molar-refractivity contribution in [2.45, 2.75) is 13.1 Å². The minimum atomic E-state index is -4.39. The van der Waals surface area contributed by atoms with Crippen molar-refractivity contribution in [2.75, 3.05) is 5.32 Å². The van der Waals surface area contributed by atoms with Gasteiger partial charge >= 0.3 is 6.18 Å². The molecule has 1 N–H and O–H groups in total. The van der Waals surface area contributed by atoms with E-state index < -0.39 is 11.7 Å². The predicted octanol–water partition coefficient (Wildman–Crippen LogP) is 5.42. The molecule has 114 valence electrons. The number of alkyl halides is 3. The second-order valence-electron chi connectivity index (χ2n) is 4.62. The van der Waals surface area contributed by atoms with Crippen LogP contribution < -0.4 is 5.32 Å². The Hall–Kier alpha value is -1.86. The minimum Gasteiger partial charge on any atom is -0.340 e. The van der Waals surface area contributed by atoms with Crippen LogP contribution in [0, 0.1) is 6.92 Å². The number of benzene rings is 1. The van der Waals surface area contributed by atoms with Gasteiger partial charge in [-0.15, -0.1) is 11.3 Å². The van der Waals surface area contributed by atoms with Crippen molar-refractivity contribution in [3.8, 4) is 0 Å². The molecule has 0 radical (unpaired) electrons. The third kappa shape index (κ3) is 3.00. The van der Waals surface area contributed by atoms with Gasteiger partial charge in [0, 0.05) is 10.6 Å². The van der Waals surface area contributed by atoms with Crippen LogP contribution in [0.5, 0.6) is 0 Å². The number of hydrogen-bond donors (Lipinski definition) is 1. The topological polar surface area (TPSA) is 37.8 Å². The van der Waals surface area contributed by atoms with Gasteiger partial charge in [0.15, 0.2) is 0 Å². The molecule has 2 aromatic heterocycles. The molecule has 0 saturated carbocycles. The van der Waals surface area contributed by atoms with Gasteiger partial charge < -0.3 is 5.32 Å². The van der Waals surface area contributed by atoms with Crippen molar-refractivity contribution in [3.05, 3.63) is 46.1 Å². The Morgan fingerprint density at radius 1 is 1.18 bits per heavy atom. The summed E-state index contributed by atoms with van der Waals surface area (Å²) in [6.07, 6.45) is -4.39. The number of anilines is 2. The van der Waals surface area contributed by atoms with Crippen molar-refractivity contribution in [2.24, 2.45) is 0 Å². The summed E-state index contributed by atoms with van der Waals surface area (Å²) < 4.78 is 38.3. The second kappa shape index (κ2) is 5.40. The van der Waals surface area contributed by atoms with E-state index in [-0.39, 0.29) is 11.0 Å². The lowest BCUT2D eigenvalue weighted by atomic mass is 10.2. The van der Waals surface area contributed by atoms with Crippen LogP contribution in [0.3, 0.4) is 0 Å². The third-order valence-electron chi connectivity index (χ3n) is 2.94. The van der Waals surface area contributed by atoms with Crippen molar-refractivity contribution in [3.63, 3.8) is 0 Å². The lowest BCUT2D eigenvalue weighted by molar-refractivity contribution is -0.137. The number of nitrogens with one attached hydrogen (secondary N) is 1. The first kappa shape index (κ1) is 15.1. The van der Waals surface area contributed by atoms with Gasteiger partial charge in [0.25, 0.3) is 0 Å². The maximum atomic E-state index is 12.8. The first-order chi connectivity index (χ1) is 10.3. The molecule has 2 heterocycles. The summed E-state index contributed by atoms with van der Waals surface area (Å²) in [7, 11) is 0. The van der Waals surface area contributed by atoms with Crippen LogP contribution in [0.15, 0.2) is 30.3 Å². The Balaban J connectivity index is 2.03. The number of thiophene rings is 1. The zero-order valence-electron chi connectivity index (χ0n) is 11.2. The Bertz CT molecular complexity index is 845. The van der Waals surface area contributed by atoms with Crippen LogP contribution in [0.4, 0.5) is 24.7 Å². The molecule has 0 aliphatic heterocycles. The minimum absolute atomic E-state index is 0.0452. The Labute approximate surface area is 132 Å². The molecule has 8 heteroatoms. The fourth-order valence-electron chi connectivity index (χ4n) is 2.02. The summed E-state index contributed by atoms with van der Waals surface area (Å²) in [5, 5.41) is 3.66. The lowest BCUT2D eigenvalue weighted by Gasteiger charge is -2.10. The fraction of sp³-hybridized carbons (Fsp3) is 0.143. The Morgan fingerprint density at radius 3 is 2.68 bits per heavy atom. The number of fused-ring (bicyclic) bond motifs is 1. The van der Waals surface area contributed by atoms with E-state index in [0.29, 0.717) is 10.6 Å². The molecule has 0 fully saturated rings. The van der Waals surface area contributed by atoms with Gasteiger partial charge in [0.1, 0.15) is 10.6 Å². The molecule has 3 rings (SSSR count). The summed E-state index contributed by atoms with van der Waals surface area (Å²) in [4.78, 5) is 9.88. The molecule has 0 saturated heterocycles. The first-order valence-electron chi connectivity index (χ1n) is 6.21. The molecule has 0 spiro atoms. The molecule has 0 unspecified atom stereocenters. The Kier molecular flexibility index (Phi) is 3.70. The number of aromatic nitrogens is 2. The van der Waals surface area contributed by atoms with Crippen molar-refractivity contribution >= 4 is 44.7 Å². The van der Waals surface area contributed by atoms with E-state index in [1.165, 1.54) is 23.5 Å². The van der Waals surface area contributed by atoms with Crippen LogP contribution in [-0.4, -0.2) is 9.97 Å². The maximum absolute atomic E-state index is 12.8. The van der Waals surface area contributed by atoms with E-state index >= 15 is 0 Å². The van der Waals surface area contributed by atoms with E-state index in [1.54, 1.807) is 0 Å². The molecule has 3 nitrogen and oxygen atoms in total. The summed E-state index contributed by atoms with van der Waals surface area (Å²) in [6.45, 7) is 1.91. The van der Waals surface area contributed by atoms with Crippen LogP contribution in [0.25, 0.3) is 10.2 Å². The van der Waals surface area contributed by atoms with E-state index in [4.69, 9.17) is 11.6 Å². The molecule has 0 aliphatic rings. The molecule has 0 bridgehead atoms. The van der Waals surface area contributed by atoms with Gasteiger partial charge in [0.2, 0.25) is 5.28 Å². The molecule has 0 aliphatic carbocycles. The molecule has 3 aromatic rings. The largest absolute Gasteiger partial charge is 0.416 e. The van der Waals surface area contributed by atoms with Gasteiger partial charge in [-0.3, -0.25) is 0 Å². The van der Waals surface area contributed by atoms with Crippen LogP contribution in [-0.2, 0) is 6.18 Å². The number of nitrogens with zero attached hydrogens (tertiary/aromatic N) is 2. The average Bonchev–Trinajstić information content (AvgIpc) is 2.78. The highest BCUT2D eigenvalue weighted by atomic mass is 35.5. The van der Waals surface area contributed by atoms with Crippen LogP contribution in [0.2, 0.25) is 5.28 Å². The molecular weight excluding hydrogens is 335 g/mol. The number of hydrogen-bond acceptors (Lipinski definition) is 4. The quantitative estimate of drug-likeness (QED) is 0.632. The molecule has 22 heavy (non-hydrogen) atoms. The summed E-state index contributed by atoms with van der Waals surface area (Å²) in [6, 6.07) is 6.79. The van der Waals surface area contributed by atoms with E-state index in [0.717, 1.165) is 22.4 Å². The molecule has 0 atom stereocenters. The molecule has 0 amide bonds. The number of halogens is 4. The van der Waals surface area contributed by atoms with Crippen molar-refractivity contribution in [1.82, 2.24) is 9.97 Å². The normalized spacial score (nSPS) is 11.9. The SMILES string of the molecule is Cc1cc2c(Nc3cccc(C(F)(F)F)c3)nc(Cl)nc2s1. The molecule has 1 aromatic carbocycles. The highest BCUT2D eigenvalue weighted by molar-refractivity contribution is 7.18. The van der Waals surface area contributed by atoms with Gasteiger partial charge in [0.05, 0.1) is 10.9 Å². The lowest BCUT2D eigenvalue weighted by Crippen LogP contribution is -2.05. The highest BCUT2D eigenvalue weighted by Crippen LogP contribution is 2.34. The van der Waals surface area contributed by atoms with Gasteiger partial charge in [-0.1, -0.05) is 6.07 Å². The van der Waals surface area contributed by atoms with Crippen molar-refractivity contribution < 1.29 is 13.2 Å². The standard InChI is InChI=1S/C14H9ClF3N3S/c1-7-5-10-11(20-13(15)21-12(10)22-7)19-9-4-2-3-8(6-9)14(16,17)18/h2-6H,1H3,(H,19,20,21). The number of rotatable bonds is 2. The zero-order chi connectivity index (χ0) is 15.9. The van der Waals surface area contributed by atoms with E-state index in [2.05, 4.69) is 15.3 Å². The molecular formula is C14H9ClF3N3S. The Morgan fingerprint density at radius 2 is 1.95 bits per heavy atom. The second-order valence-corrected chi connectivity index (χ2v) is 6.19. The first-order valence-corrected chi connectivity index (χ1v) is 7.40. The van der Waals surface area contributed by atoms with Crippen LogP contribution in [0.1, 0.15) is 10.4 Å². The van der Waals surface area contributed by atoms with Gasteiger partial charge in [-0.2, -0.15) is 18.2 Å². The maximum Gasteiger partial charge on any atom is 0.416 e. The summed E-state index contributed by atoms with van der Waals surface area (Å²) in [5.41, 5.74) is -0.440.